The van der Waals surface area contributed by atoms with Crippen LogP contribution in [0.5, 0.6) is 5.75 Å². The Labute approximate surface area is 109 Å². The number of aromatic nitrogens is 1. The van der Waals surface area contributed by atoms with Gasteiger partial charge in [0, 0.05) is 22.7 Å². The number of carbonyl (C=O) groups is 1. The molecule has 0 bridgehead atoms. The molecular weight excluding hydrogens is 240 g/mol. The third kappa shape index (κ3) is 2.04. The zero-order valence-corrected chi connectivity index (χ0v) is 10.1. The normalized spacial score (nSPS) is 10.5. The Balaban J connectivity index is 2.02. The number of rotatable bonds is 2. The molecule has 1 heterocycles. The third-order valence-corrected chi connectivity index (χ3v) is 2.99. The van der Waals surface area contributed by atoms with Crippen molar-refractivity contribution in [1.29, 1.82) is 0 Å². The minimum atomic E-state index is -0.208. The van der Waals surface area contributed by atoms with Gasteiger partial charge in [0.05, 0.1) is 0 Å². The number of nitrogens with one attached hydrogen (secondary N) is 2. The first-order chi connectivity index (χ1) is 9.25. The van der Waals surface area contributed by atoms with Crippen LogP contribution in [0, 0.1) is 0 Å². The largest absolute Gasteiger partial charge is 0.507 e. The molecule has 0 atom stereocenters. The van der Waals surface area contributed by atoms with Gasteiger partial charge < -0.3 is 15.4 Å². The van der Waals surface area contributed by atoms with Crippen molar-refractivity contribution in [3.63, 3.8) is 0 Å². The Morgan fingerprint density at radius 2 is 1.79 bits per heavy atom. The Morgan fingerprint density at radius 3 is 2.58 bits per heavy atom. The summed E-state index contributed by atoms with van der Waals surface area (Å²) in [5.74, 6) is -0.00526. The van der Waals surface area contributed by atoms with Gasteiger partial charge in [-0.25, -0.2) is 0 Å². The van der Waals surface area contributed by atoms with E-state index in [9.17, 15) is 9.90 Å². The van der Waals surface area contributed by atoms with Gasteiger partial charge in [-0.15, -0.1) is 0 Å². The van der Waals surface area contributed by atoms with Crippen molar-refractivity contribution in [2.45, 2.75) is 0 Å². The summed E-state index contributed by atoms with van der Waals surface area (Å²) >= 11 is 0. The van der Waals surface area contributed by atoms with E-state index in [4.69, 9.17) is 0 Å². The van der Waals surface area contributed by atoms with Crippen LogP contribution in [0.25, 0.3) is 10.8 Å². The minimum Gasteiger partial charge on any atom is -0.507 e. The van der Waals surface area contributed by atoms with Gasteiger partial charge >= 0.3 is 0 Å². The number of fused-ring (bicyclic) bond motifs is 1. The van der Waals surface area contributed by atoms with E-state index < -0.39 is 0 Å². The molecule has 0 radical (unpaired) electrons. The SMILES string of the molecule is O=C(Nc1cccc2c(O)cccc12)c1ccc[nH]1. The van der Waals surface area contributed by atoms with Crippen molar-refractivity contribution in [2.75, 3.05) is 5.32 Å². The van der Waals surface area contributed by atoms with Gasteiger partial charge in [0.2, 0.25) is 0 Å². The van der Waals surface area contributed by atoms with E-state index >= 15 is 0 Å². The van der Waals surface area contributed by atoms with Crippen LogP contribution in [0.15, 0.2) is 54.7 Å². The Hall–Kier alpha value is -2.75. The number of phenols is 1. The van der Waals surface area contributed by atoms with Crippen molar-refractivity contribution in [2.24, 2.45) is 0 Å². The highest BCUT2D eigenvalue weighted by molar-refractivity contribution is 6.09. The summed E-state index contributed by atoms with van der Waals surface area (Å²) in [6.07, 6.45) is 1.70. The second kappa shape index (κ2) is 4.49. The van der Waals surface area contributed by atoms with Crippen LogP contribution in [-0.2, 0) is 0 Å². The van der Waals surface area contributed by atoms with Gasteiger partial charge in [-0.05, 0) is 24.3 Å². The first-order valence-electron chi connectivity index (χ1n) is 5.91. The zero-order valence-electron chi connectivity index (χ0n) is 10.1. The van der Waals surface area contributed by atoms with Crippen LogP contribution < -0.4 is 5.32 Å². The zero-order chi connectivity index (χ0) is 13.2. The van der Waals surface area contributed by atoms with E-state index in [1.807, 2.05) is 18.2 Å². The van der Waals surface area contributed by atoms with E-state index in [-0.39, 0.29) is 11.7 Å². The molecule has 0 saturated heterocycles. The lowest BCUT2D eigenvalue weighted by molar-refractivity contribution is 0.102. The van der Waals surface area contributed by atoms with Gasteiger partial charge in [0.1, 0.15) is 11.4 Å². The molecule has 0 unspecified atom stereocenters. The average Bonchev–Trinajstić information content (AvgIpc) is 2.94. The fourth-order valence-corrected chi connectivity index (χ4v) is 2.06. The molecule has 3 rings (SSSR count). The van der Waals surface area contributed by atoms with E-state index in [1.165, 1.54) is 0 Å². The van der Waals surface area contributed by atoms with Crippen LogP contribution >= 0.6 is 0 Å². The van der Waals surface area contributed by atoms with Gasteiger partial charge in [0.15, 0.2) is 0 Å². The molecule has 4 nitrogen and oxygen atoms in total. The fraction of sp³-hybridized carbons (Fsp3) is 0. The molecule has 3 N–H and O–H groups in total. The lowest BCUT2D eigenvalue weighted by atomic mass is 10.1. The van der Waals surface area contributed by atoms with Crippen molar-refractivity contribution >= 4 is 22.4 Å². The molecule has 0 aliphatic rings. The maximum absolute atomic E-state index is 12.0. The number of aromatic hydroxyl groups is 1. The molecule has 4 heteroatoms. The molecule has 1 aromatic heterocycles. The first kappa shape index (κ1) is 11.3. The van der Waals surface area contributed by atoms with Crippen LogP contribution in [-0.4, -0.2) is 16.0 Å². The molecule has 19 heavy (non-hydrogen) atoms. The van der Waals surface area contributed by atoms with Gasteiger partial charge in [0.25, 0.3) is 5.91 Å². The first-order valence-corrected chi connectivity index (χ1v) is 5.91. The second-order valence-corrected chi connectivity index (χ2v) is 4.22. The number of anilines is 1. The molecule has 0 saturated carbocycles. The predicted molar refractivity (Wildman–Crippen MR) is 74.4 cm³/mol. The lowest BCUT2D eigenvalue weighted by Gasteiger charge is -2.08. The molecule has 0 aliphatic heterocycles. The monoisotopic (exact) mass is 252 g/mol. The van der Waals surface area contributed by atoms with Crippen molar-refractivity contribution in [1.82, 2.24) is 4.98 Å². The molecule has 0 spiro atoms. The number of H-pyrrole nitrogens is 1. The smallest absolute Gasteiger partial charge is 0.272 e. The number of benzene rings is 2. The van der Waals surface area contributed by atoms with Crippen molar-refractivity contribution in [3.05, 3.63) is 60.4 Å². The molecule has 94 valence electrons. The topological polar surface area (TPSA) is 65.1 Å². The van der Waals surface area contributed by atoms with Crippen LogP contribution in [0.4, 0.5) is 5.69 Å². The molecule has 0 aliphatic carbocycles. The Kier molecular flexibility index (Phi) is 2.68. The Bertz CT molecular complexity index is 733. The number of carbonyl (C=O) groups excluding carboxylic acids is 1. The van der Waals surface area contributed by atoms with E-state index in [0.717, 1.165) is 5.39 Å². The number of hydrogen-bond acceptors (Lipinski definition) is 2. The van der Waals surface area contributed by atoms with E-state index in [0.29, 0.717) is 16.8 Å². The quantitative estimate of drug-likeness (QED) is 0.656. The van der Waals surface area contributed by atoms with Crippen LogP contribution in [0.2, 0.25) is 0 Å². The summed E-state index contributed by atoms with van der Waals surface area (Å²) < 4.78 is 0. The summed E-state index contributed by atoms with van der Waals surface area (Å²) in [6, 6.07) is 14.1. The molecule has 0 fully saturated rings. The number of aromatic amines is 1. The van der Waals surface area contributed by atoms with E-state index in [2.05, 4.69) is 10.3 Å². The summed E-state index contributed by atoms with van der Waals surface area (Å²) in [5.41, 5.74) is 1.17. The van der Waals surface area contributed by atoms with Crippen molar-refractivity contribution < 1.29 is 9.90 Å². The third-order valence-electron chi connectivity index (χ3n) is 2.99. The van der Waals surface area contributed by atoms with Crippen LogP contribution in [0.1, 0.15) is 10.5 Å². The summed E-state index contributed by atoms with van der Waals surface area (Å²) in [6.45, 7) is 0. The fourth-order valence-electron chi connectivity index (χ4n) is 2.06. The van der Waals surface area contributed by atoms with Gasteiger partial charge in [-0.3, -0.25) is 4.79 Å². The number of hydrogen-bond donors (Lipinski definition) is 3. The maximum Gasteiger partial charge on any atom is 0.272 e. The molecule has 2 aromatic carbocycles. The second-order valence-electron chi connectivity index (χ2n) is 4.22. The molecule has 1 amide bonds. The predicted octanol–water partition coefficient (Wildman–Crippen LogP) is 3.13. The maximum atomic E-state index is 12.0. The average molecular weight is 252 g/mol. The number of phenolic OH excluding ortho intramolecular Hbond substituents is 1. The highest BCUT2D eigenvalue weighted by Crippen LogP contribution is 2.29. The highest BCUT2D eigenvalue weighted by atomic mass is 16.3. The minimum absolute atomic E-state index is 0.202. The summed E-state index contributed by atoms with van der Waals surface area (Å²) in [4.78, 5) is 14.9. The Morgan fingerprint density at radius 1 is 1.00 bits per heavy atom. The molecular formula is C15H12N2O2. The van der Waals surface area contributed by atoms with Gasteiger partial charge in [-0.2, -0.15) is 0 Å². The van der Waals surface area contributed by atoms with Gasteiger partial charge in [-0.1, -0.05) is 24.3 Å². The number of amides is 1. The lowest BCUT2D eigenvalue weighted by Crippen LogP contribution is -2.12. The highest BCUT2D eigenvalue weighted by Gasteiger charge is 2.09. The van der Waals surface area contributed by atoms with Crippen molar-refractivity contribution in [3.8, 4) is 5.75 Å². The van der Waals surface area contributed by atoms with E-state index in [1.54, 1.807) is 36.5 Å². The standard InChI is InChI=1S/C15H12N2O2/c18-14-8-2-4-10-11(14)5-1-6-12(10)17-15(19)13-7-3-9-16-13/h1-9,16,18H,(H,17,19). The summed E-state index contributed by atoms with van der Waals surface area (Å²) in [5, 5.41) is 14.2. The van der Waals surface area contributed by atoms with Crippen LogP contribution in [0.3, 0.4) is 0 Å². The summed E-state index contributed by atoms with van der Waals surface area (Å²) in [7, 11) is 0. The molecule has 3 aromatic rings.